The topological polar surface area (TPSA) is 32.3 Å². The Labute approximate surface area is 125 Å². The van der Waals surface area contributed by atoms with Crippen molar-refractivity contribution in [2.75, 3.05) is 19.6 Å². The summed E-state index contributed by atoms with van der Waals surface area (Å²) in [5.41, 5.74) is 0.934. The van der Waals surface area contributed by atoms with E-state index < -0.39 is 0 Å². The van der Waals surface area contributed by atoms with Crippen molar-refractivity contribution in [1.29, 1.82) is 0 Å². The number of likely N-dealkylation sites (tertiary alicyclic amines) is 1. The van der Waals surface area contributed by atoms with Gasteiger partial charge in [-0.25, -0.2) is 0 Å². The van der Waals surface area contributed by atoms with Gasteiger partial charge in [-0.15, -0.1) is 0 Å². The number of carbonyl (C=O) groups excluding carboxylic acids is 1. The molecule has 0 spiro atoms. The van der Waals surface area contributed by atoms with E-state index in [2.05, 4.69) is 17.1 Å². The highest BCUT2D eigenvalue weighted by molar-refractivity contribution is 6.31. The zero-order valence-electron chi connectivity index (χ0n) is 11.8. The van der Waals surface area contributed by atoms with Crippen LogP contribution in [0.2, 0.25) is 5.02 Å². The summed E-state index contributed by atoms with van der Waals surface area (Å²) in [5.74, 6) is 1.49. The quantitative estimate of drug-likeness (QED) is 0.927. The van der Waals surface area contributed by atoms with Crippen LogP contribution >= 0.6 is 11.6 Å². The van der Waals surface area contributed by atoms with Crippen molar-refractivity contribution in [3.8, 4) is 0 Å². The molecular formula is C16H21ClN2O. The summed E-state index contributed by atoms with van der Waals surface area (Å²) in [4.78, 5) is 14.7. The number of nitrogens with one attached hydrogen (secondary N) is 1. The van der Waals surface area contributed by atoms with Gasteiger partial charge < -0.3 is 10.2 Å². The number of hydrogen-bond donors (Lipinski definition) is 1. The molecule has 0 aliphatic carbocycles. The first-order valence-electron chi connectivity index (χ1n) is 7.44. The molecule has 2 fully saturated rings. The van der Waals surface area contributed by atoms with Gasteiger partial charge in [0.05, 0.1) is 6.42 Å². The van der Waals surface area contributed by atoms with Crippen molar-refractivity contribution in [1.82, 2.24) is 10.2 Å². The maximum atomic E-state index is 12.6. The summed E-state index contributed by atoms with van der Waals surface area (Å²) >= 11 is 6.16. The molecule has 20 heavy (non-hydrogen) atoms. The van der Waals surface area contributed by atoms with E-state index in [9.17, 15) is 4.79 Å². The van der Waals surface area contributed by atoms with Crippen LogP contribution < -0.4 is 5.32 Å². The van der Waals surface area contributed by atoms with Crippen LogP contribution in [0.1, 0.15) is 18.9 Å². The van der Waals surface area contributed by atoms with Gasteiger partial charge in [0.2, 0.25) is 5.91 Å². The van der Waals surface area contributed by atoms with E-state index in [4.69, 9.17) is 11.6 Å². The van der Waals surface area contributed by atoms with Gasteiger partial charge in [0, 0.05) is 30.7 Å². The van der Waals surface area contributed by atoms with E-state index in [0.29, 0.717) is 29.3 Å². The van der Waals surface area contributed by atoms with Crippen LogP contribution in [0.3, 0.4) is 0 Å². The Bertz CT molecular complexity index is 505. The zero-order chi connectivity index (χ0) is 14.1. The van der Waals surface area contributed by atoms with Gasteiger partial charge in [0.25, 0.3) is 0 Å². The molecule has 0 aromatic heterocycles. The van der Waals surface area contributed by atoms with Crippen molar-refractivity contribution in [2.45, 2.75) is 25.8 Å². The van der Waals surface area contributed by atoms with E-state index in [-0.39, 0.29) is 5.91 Å². The molecule has 4 heteroatoms. The second-order valence-corrected chi connectivity index (χ2v) is 6.28. The average molecular weight is 293 g/mol. The Morgan fingerprint density at radius 2 is 2.20 bits per heavy atom. The molecule has 0 radical (unpaired) electrons. The third-order valence-electron chi connectivity index (χ3n) is 4.76. The molecule has 0 saturated carbocycles. The Kier molecular flexibility index (Phi) is 3.99. The lowest BCUT2D eigenvalue weighted by atomic mass is 9.93. The fraction of sp³-hybridized carbons (Fsp3) is 0.562. The average Bonchev–Trinajstić information content (AvgIpc) is 3.01. The first kappa shape index (κ1) is 13.9. The maximum absolute atomic E-state index is 12.6. The van der Waals surface area contributed by atoms with Crippen molar-refractivity contribution < 1.29 is 4.79 Å². The van der Waals surface area contributed by atoms with Gasteiger partial charge >= 0.3 is 0 Å². The standard InChI is InChI=1S/C16H21ClN2O/c1-2-15-13-9-18-8-12(13)10-19(15)16(20)7-11-5-3-4-6-14(11)17/h3-6,12-13,15,18H,2,7-10H2,1H3. The minimum absolute atomic E-state index is 0.222. The lowest BCUT2D eigenvalue weighted by molar-refractivity contribution is -0.131. The second-order valence-electron chi connectivity index (χ2n) is 5.87. The zero-order valence-corrected chi connectivity index (χ0v) is 12.6. The van der Waals surface area contributed by atoms with Crippen molar-refractivity contribution >= 4 is 17.5 Å². The molecule has 3 unspecified atom stereocenters. The first-order chi connectivity index (χ1) is 9.70. The molecule has 1 aromatic rings. The Hall–Kier alpha value is -1.06. The lowest BCUT2D eigenvalue weighted by Gasteiger charge is -2.27. The molecular weight excluding hydrogens is 272 g/mol. The van der Waals surface area contributed by atoms with Crippen LogP contribution in [0.5, 0.6) is 0 Å². The lowest BCUT2D eigenvalue weighted by Crippen LogP contribution is -2.40. The Balaban J connectivity index is 1.73. The van der Waals surface area contributed by atoms with Crippen LogP contribution in [0, 0.1) is 11.8 Å². The number of benzene rings is 1. The predicted octanol–water partition coefficient (Wildman–Crippen LogP) is 2.34. The van der Waals surface area contributed by atoms with Gasteiger partial charge in [0.15, 0.2) is 0 Å². The SMILES string of the molecule is CCC1C2CNCC2CN1C(=O)Cc1ccccc1Cl. The number of nitrogens with zero attached hydrogens (tertiary/aromatic N) is 1. The summed E-state index contributed by atoms with van der Waals surface area (Å²) in [7, 11) is 0. The molecule has 2 saturated heterocycles. The second kappa shape index (κ2) is 5.74. The van der Waals surface area contributed by atoms with Crippen LogP contribution in [0.25, 0.3) is 0 Å². The predicted molar refractivity (Wildman–Crippen MR) is 80.8 cm³/mol. The number of amides is 1. The van der Waals surface area contributed by atoms with Crippen molar-refractivity contribution in [3.63, 3.8) is 0 Å². The summed E-state index contributed by atoms with van der Waals surface area (Å²) in [6.07, 6.45) is 1.46. The number of rotatable bonds is 3. The molecule has 1 amide bonds. The van der Waals surface area contributed by atoms with Crippen LogP contribution in [0.15, 0.2) is 24.3 Å². The fourth-order valence-electron chi connectivity index (χ4n) is 3.74. The molecule has 1 aromatic carbocycles. The Morgan fingerprint density at radius 1 is 1.40 bits per heavy atom. The molecule has 3 rings (SSSR count). The highest BCUT2D eigenvalue weighted by Gasteiger charge is 2.44. The maximum Gasteiger partial charge on any atom is 0.227 e. The summed E-state index contributed by atoms with van der Waals surface area (Å²) < 4.78 is 0. The van der Waals surface area contributed by atoms with E-state index in [1.807, 2.05) is 24.3 Å². The molecule has 108 valence electrons. The van der Waals surface area contributed by atoms with Gasteiger partial charge in [-0.1, -0.05) is 36.7 Å². The highest BCUT2D eigenvalue weighted by atomic mass is 35.5. The molecule has 0 bridgehead atoms. The number of hydrogen-bond acceptors (Lipinski definition) is 2. The van der Waals surface area contributed by atoms with Gasteiger partial charge in [-0.05, 0) is 29.9 Å². The van der Waals surface area contributed by atoms with Crippen LogP contribution in [-0.4, -0.2) is 36.5 Å². The summed E-state index contributed by atoms with van der Waals surface area (Å²) in [6.45, 7) is 5.19. The van der Waals surface area contributed by atoms with E-state index in [1.165, 1.54) is 0 Å². The largest absolute Gasteiger partial charge is 0.339 e. The van der Waals surface area contributed by atoms with Gasteiger partial charge in [-0.3, -0.25) is 4.79 Å². The third kappa shape index (κ3) is 2.45. The summed E-state index contributed by atoms with van der Waals surface area (Å²) in [6, 6.07) is 8.03. The molecule has 3 nitrogen and oxygen atoms in total. The van der Waals surface area contributed by atoms with E-state index >= 15 is 0 Å². The fourth-order valence-corrected chi connectivity index (χ4v) is 3.94. The number of carbonyl (C=O) groups is 1. The van der Waals surface area contributed by atoms with Crippen LogP contribution in [-0.2, 0) is 11.2 Å². The minimum Gasteiger partial charge on any atom is -0.339 e. The molecule has 1 N–H and O–H groups in total. The monoisotopic (exact) mass is 292 g/mol. The smallest absolute Gasteiger partial charge is 0.227 e. The first-order valence-corrected chi connectivity index (χ1v) is 7.82. The van der Waals surface area contributed by atoms with Gasteiger partial charge in [-0.2, -0.15) is 0 Å². The highest BCUT2D eigenvalue weighted by Crippen LogP contribution is 2.34. The minimum atomic E-state index is 0.222. The van der Waals surface area contributed by atoms with Crippen LogP contribution in [0.4, 0.5) is 0 Å². The molecule has 2 aliphatic heterocycles. The van der Waals surface area contributed by atoms with E-state index in [1.54, 1.807) is 0 Å². The number of fused-ring (bicyclic) bond motifs is 1. The van der Waals surface area contributed by atoms with Crippen molar-refractivity contribution in [3.05, 3.63) is 34.9 Å². The normalized spacial score (nSPS) is 28.7. The van der Waals surface area contributed by atoms with Crippen molar-refractivity contribution in [2.24, 2.45) is 11.8 Å². The molecule has 3 atom stereocenters. The Morgan fingerprint density at radius 3 is 2.95 bits per heavy atom. The van der Waals surface area contributed by atoms with Gasteiger partial charge in [0.1, 0.15) is 0 Å². The number of halogens is 1. The van der Waals surface area contributed by atoms with E-state index in [0.717, 1.165) is 31.6 Å². The molecule has 2 heterocycles. The molecule has 2 aliphatic rings. The third-order valence-corrected chi connectivity index (χ3v) is 5.12. The summed E-state index contributed by atoms with van der Waals surface area (Å²) in [5, 5.41) is 4.14.